The molecule has 2 N–H and O–H groups in total. The minimum atomic E-state index is -0.801. The monoisotopic (exact) mass is 441 g/mol. The van der Waals surface area contributed by atoms with Crippen molar-refractivity contribution < 1.29 is 33.4 Å². The molecule has 0 bridgehead atoms. The highest BCUT2D eigenvalue weighted by atomic mass is 16.5. The van der Waals surface area contributed by atoms with Gasteiger partial charge in [0, 0.05) is 18.2 Å². The van der Waals surface area contributed by atoms with Gasteiger partial charge in [-0.3, -0.25) is 29.6 Å². The van der Waals surface area contributed by atoms with E-state index in [9.17, 15) is 19.2 Å². The molecule has 1 heterocycles. The van der Waals surface area contributed by atoms with Crippen molar-refractivity contribution in [1.29, 1.82) is 0 Å². The molecular formula is C22H23N3O7. The summed E-state index contributed by atoms with van der Waals surface area (Å²) >= 11 is 0. The van der Waals surface area contributed by atoms with Crippen LogP contribution in [0.2, 0.25) is 0 Å². The maximum atomic E-state index is 12.5. The second-order valence-corrected chi connectivity index (χ2v) is 6.93. The van der Waals surface area contributed by atoms with Crippen LogP contribution < -0.4 is 20.2 Å². The van der Waals surface area contributed by atoms with Gasteiger partial charge in [-0.05, 0) is 24.3 Å². The van der Waals surface area contributed by atoms with Gasteiger partial charge in [0.25, 0.3) is 11.8 Å². The SMILES string of the molecule is COc1cccc(NC(=O)COC(=O)[C@@H]2CC(=O)N(NC(=O)c3ccccc3OC)C2)c1. The van der Waals surface area contributed by atoms with Crippen molar-refractivity contribution in [3.05, 3.63) is 54.1 Å². The Morgan fingerprint density at radius 3 is 2.59 bits per heavy atom. The maximum absolute atomic E-state index is 12.5. The third-order valence-corrected chi connectivity index (χ3v) is 4.75. The molecule has 2 aromatic rings. The molecule has 168 valence electrons. The van der Waals surface area contributed by atoms with E-state index in [0.29, 0.717) is 17.2 Å². The normalized spacial score (nSPS) is 15.1. The summed E-state index contributed by atoms with van der Waals surface area (Å²) in [7, 11) is 2.94. The number of ether oxygens (including phenoxy) is 3. The van der Waals surface area contributed by atoms with Crippen molar-refractivity contribution in [2.24, 2.45) is 5.92 Å². The topological polar surface area (TPSA) is 123 Å². The van der Waals surface area contributed by atoms with E-state index in [1.165, 1.54) is 14.2 Å². The van der Waals surface area contributed by atoms with E-state index in [1.54, 1.807) is 48.5 Å². The van der Waals surface area contributed by atoms with Gasteiger partial charge >= 0.3 is 5.97 Å². The molecule has 1 aliphatic heterocycles. The molecule has 0 saturated carbocycles. The minimum absolute atomic E-state index is 0.0595. The average Bonchev–Trinajstić information content (AvgIpc) is 3.17. The lowest BCUT2D eigenvalue weighted by atomic mass is 10.1. The number of rotatable bonds is 8. The van der Waals surface area contributed by atoms with Crippen LogP contribution in [0, 0.1) is 5.92 Å². The van der Waals surface area contributed by atoms with E-state index in [0.717, 1.165) is 5.01 Å². The third-order valence-electron chi connectivity index (χ3n) is 4.75. The minimum Gasteiger partial charge on any atom is -0.497 e. The maximum Gasteiger partial charge on any atom is 0.311 e. The predicted octanol–water partition coefficient (Wildman–Crippen LogP) is 1.38. The lowest BCUT2D eigenvalue weighted by molar-refractivity contribution is -0.151. The summed E-state index contributed by atoms with van der Waals surface area (Å²) < 4.78 is 15.3. The Bertz CT molecular complexity index is 1020. The molecule has 3 amide bonds. The summed E-state index contributed by atoms with van der Waals surface area (Å²) in [5, 5.41) is 3.66. The van der Waals surface area contributed by atoms with Crippen LogP contribution in [-0.2, 0) is 19.1 Å². The van der Waals surface area contributed by atoms with Crippen LogP contribution in [0.3, 0.4) is 0 Å². The number of amides is 3. The first-order valence-electron chi connectivity index (χ1n) is 9.76. The summed E-state index contributed by atoms with van der Waals surface area (Å²) in [4.78, 5) is 49.1. The Morgan fingerprint density at radius 2 is 1.84 bits per heavy atom. The Balaban J connectivity index is 1.50. The number of hydrazine groups is 1. The number of carbonyl (C=O) groups excluding carboxylic acids is 4. The van der Waals surface area contributed by atoms with Gasteiger partial charge in [-0.1, -0.05) is 18.2 Å². The standard InChI is InChI=1S/C22H23N3O7/c1-30-16-7-5-6-15(11-16)23-19(26)13-32-22(29)14-10-20(27)25(12-14)24-21(28)17-8-3-4-9-18(17)31-2/h3-9,11,14H,10,12-13H2,1-2H3,(H,23,26)(H,24,28)/t14-/m1/s1. The zero-order valence-electron chi connectivity index (χ0n) is 17.6. The molecule has 1 aliphatic rings. The highest BCUT2D eigenvalue weighted by molar-refractivity contribution is 5.98. The average molecular weight is 441 g/mol. The molecule has 1 saturated heterocycles. The summed E-state index contributed by atoms with van der Waals surface area (Å²) in [6, 6.07) is 13.3. The fourth-order valence-electron chi connectivity index (χ4n) is 3.14. The number of hydrogen-bond donors (Lipinski definition) is 2. The van der Waals surface area contributed by atoms with Crippen LogP contribution in [0.25, 0.3) is 0 Å². The zero-order chi connectivity index (χ0) is 23.1. The molecule has 0 aliphatic carbocycles. The summed E-state index contributed by atoms with van der Waals surface area (Å²) in [5.74, 6) is -2.08. The van der Waals surface area contributed by atoms with Crippen molar-refractivity contribution in [2.75, 3.05) is 32.7 Å². The fourth-order valence-corrected chi connectivity index (χ4v) is 3.14. The molecule has 0 spiro atoms. The predicted molar refractivity (Wildman–Crippen MR) is 113 cm³/mol. The van der Waals surface area contributed by atoms with Gasteiger partial charge in [0.05, 0.1) is 32.2 Å². The molecule has 32 heavy (non-hydrogen) atoms. The fraction of sp³-hybridized carbons (Fsp3) is 0.273. The van der Waals surface area contributed by atoms with Crippen molar-refractivity contribution >= 4 is 29.4 Å². The van der Waals surface area contributed by atoms with Crippen LogP contribution in [0.1, 0.15) is 16.8 Å². The van der Waals surface area contributed by atoms with Crippen molar-refractivity contribution in [1.82, 2.24) is 10.4 Å². The highest BCUT2D eigenvalue weighted by Crippen LogP contribution is 2.21. The molecule has 0 aromatic heterocycles. The zero-order valence-corrected chi connectivity index (χ0v) is 17.6. The van der Waals surface area contributed by atoms with E-state index >= 15 is 0 Å². The summed E-state index contributed by atoms with van der Waals surface area (Å²) in [5.41, 5.74) is 3.22. The molecule has 2 aromatic carbocycles. The van der Waals surface area contributed by atoms with Gasteiger partial charge in [-0.25, -0.2) is 0 Å². The molecule has 0 unspecified atom stereocenters. The smallest absolute Gasteiger partial charge is 0.311 e. The second-order valence-electron chi connectivity index (χ2n) is 6.93. The van der Waals surface area contributed by atoms with Crippen molar-refractivity contribution in [2.45, 2.75) is 6.42 Å². The first-order chi connectivity index (χ1) is 15.4. The molecule has 3 rings (SSSR count). The number of anilines is 1. The van der Waals surface area contributed by atoms with Gasteiger partial charge in [0.1, 0.15) is 11.5 Å². The number of benzene rings is 2. The molecule has 10 nitrogen and oxygen atoms in total. The van der Waals surface area contributed by atoms with E-state index in [2.05, 4.69) is 10.7 Å². The number of para-hydroxylation sites is 1. The molecule has 1 atom stereocenters. The van der Waals surface area contributed by atoms with E-state index < -0.39 is 36.2 Å². The van der Waals surface area contributed by atoms with Gasteiger partial charge in [0.2, 0.25) is 5.91 Å². The number of esters is 1. The molecule has 0 radical (unpaired) electrons. The van der Waals surface area contributed by atoms with E-state index in [-0.39, 0.29) is 18.5 Å². The highest BCUT2D eigenvalue weighted by Gasteiger charge is 2.37. The number of nitrogens with one attached hydrogen (secondary N) is 2. The summed E-state index contributed by atoms with van der Waals surface area (Å²) in [6.45, 7) is -0.565. The number of methoxy groups -OCH3 is 2. The van der Waals surface area contributed by atoms with Gasteiger partial charge in [-0.2, -0.15) is 0 Å². The van der Waals surface area contributed by atoms with Crippen LogP contribution >= 0.6 is 0 Å². The lowest BCUT2D eigenvalue weighted by Gasteiger charge is -2.18. The molecule has 10 heteroatoms. The van der Waals surface area contributed by atoms with Gasteiger partial charge in [-0.15, -0.1) is 0 Å². The Morgan fingerprint density at radius 1 is 1.06 bits per heavy atom. The third kappa shape index (κ3) is 5.54. The van der Waals surface area contributed by atoms with Crippen LogP contribution in [0.5, 0.6) is 11.5 Å². The molecule has 1 fully saturated rings. The van der Waals surface area contributed by atoms with E-state index in [1.807, 2.05) is 0 Å². The molecular weight excluding hydrogens is 418 g/mol. The number of nitrogens with zero attached hydrogens (tertiary/aromatic N) is 1. The Labute approximate surface area is 184 Å². The van der Waals surface area contributed by atoms with E-state index in [4.69, 9.17) is 14.2 Å². The quantitative estimate of drug-likeness (QED) is 0.593. The van der Waals surface area contributed by atoms with Crippen LogP contribution in [-0.4, -0.2) is 56.1 Å². The lowest BCUT2D eigenvalue weighted by Crippen LogP contribution is -2.43. The van der Waals surface area contributed by atoms with Crippen LogP contribution in [0.15, 0.2) is 48.5 Å². The Kier molecular flexibility index (Phi) is 7.27. The largest absolute Gasteiger partial charge is 0.497 e. The van der Waals surface area contributed by atoms with Crippen molar-refractivity contribution in [3.8, 4) is 11.5 Å². The first-order valence-corrected chi connectivity index (χ1v) is 9.76. The van der Waals surface area contributed by atoms with Gasteiger partial charge < -0.3 is 19.5 Å². The summed E-state index contributed by atoms with van der Waals surface area (Å²) in [6.07, 6.45) is -0.136. The van der Waals surface area contributed by atoms with Crippen molar-refractivity contribution in [3.63, 3.8) is 0 Å². The van der Waals surface area contributed by atoms with Gasteiger partial charge in [0.15, 0.2) is 6.61 Å². The number of hydrogen-bond acceptors (Lipinski definition) is 7. The first kappa shape index (κ1) is 22.6. The second kappa shape index (κ2) is 10.3. The van der Waals surface area contributed by atoms with Crippen LogP contribution in [0.4, 0.5) is 5.69 Å². The number of carbonyl (C=O) groups is 4. The Hall–Kier alpha value is -4.08.